The van der Waals surface area contributed by atoms with Crippen LogP contribution < -0.4 is 0 Å². The molecule has 18 heavy (non-hydrogen) atoms. The molecule has 0 amide bonds. The molecule has 0 aliphatic heterocycles. The molecule has 0 unspecified atom stereocenters. The van der Waals surface area contributed by atoms with Gasteiger partial charge in [0, 0.05) is 6.42 Å². The fourth-order valence-corrected chi connectivity index (χ4v) is 1.68. The Kier molecular flexibility index (Phi) is 3.28. The Morgan fingerprint density at radius 2 is 1.94 bits per heavy atom. The van der Waals surface area contributed by atoms with Gasteiger partial charge in [0.05, 0.1) is 5.56 Å². The number of hydrogen-bond donors (Lipinski definition) is 0. The Hall–Kier alpha value is -1.97. The molecule has 2 nitrogen and oxygen atoms in total. The Balaban J connectivity index is 2.49. The third-order valence-corrected chi connectivity index (χ3v) is 2.75. The predicted molar refractivity (Wildman–Crippen MR) is 62.6 cm³/mol. The number of benzene rings is 1. The lowest BCUT2D eigenvalue weighted by molar-refractivity contribution is 0.0999. The van der Waals surface area contributed by atoms with E-state index in [2.05, 4.69) is 0 Å². The first-order valence-electron chi connectivity index (χ1n) is 5.62. The molecule has 4 heteroatoms. The fourth-order valence-electron chi connectivity index (χ4n) is 1.68. The molecule has 2 aromatic rings. The van der Waals surface area contributed by atoms with Crippen molar-refractivity contribution in [3.8, 4) is 0 Å². The van der Waals surface area contributed by atoms with Crippen LogP contribution in [0.4, 0.5) is 8.78 Å². The van der Waals surface area contributed by atoms with Crippen molar-refractivity contribution in [3.05, 3.63) is 58.5 Å². The quantitative estimate of drug-likeness (QED) is 0.778. The van der Waals surface area contributed by atoms with Gasteiger partial charge in [-0.25, -0.2) is 8.78 Å². The van der Waals surface area contributed by atoms with Crippen LogP contribution in [0.5, 0.6) is 0 Å². The largest absolute Gasteiger partial charge is 0.458 e. The zero-order valence-electron chi connectivity index (χ0n) is 10.1. The monoisotopic (exact) mass is 250 g/mol. The van der Waals surface area contributed by atoms with E-state index in [4.69, 9.17) is 4.42 Å². The number of halogens is 2. The third kappa shape index (κ3) is 2.06. The van der Waals surface area contributed by atoms with Gasteiger partial charge in [-0.3, -0.25) is 4.79 Å². The zero-order valence-corrected chi connectivity index (χ0v) is 10.1. The first kappa shape index (κ1) is 12.5. The van der Waals surface area contributed by atoms with Crippen LogP contribution in [0.3, 0.4) is 0 Å². The molecule has 1 aromatic heterocycles. The van der Waals surface area contributed by atoms with Crippen molar-refractivity contribution in [2.75, 3.05) is 0 Å². The molecule has 0 spiro atoms. The van der Waals surface area contributed by atoms with Crippen molar-refractivity contribution in [3.63, 3.8) is 0 Å². The van der Waals surface area contributed by atoms with E-state index < -0.39 is 23.0 Å². The van der Waals surface area contributed by atoms with Gasteiger partial charge in [-0.2, -0.15) is 0 Å². The Labute approximate surface area is 103 Å². The van der Waals surface area contributed by atoms with Gasteiger partial charge in [-0.05, 0) is 30.7 Å². The lowest BCUT2D eigenvalue weighted by atomic mass is 10.0. The van der Waals surface area contributed by atoms with Crippen LogP contribution in [0.25, 0.3) is 0 Å². The molecule has 1 aromatic carbocycles. The van der Waals surface area contributed by atoms with Gasteiger partial charge in [0.15, 0.2) is 5.76 Å². The maximum absolute atomic E-state index is 13.8. The highest BCUT2D eigenvalue weighted by Gasteiger charge is 2.22. The molecule has 2 rings (SSSR count). The summed E-state index contributed by atoms with van der Waals surface area (Å²) < 4.78 is 32.6. The zero-order chi connectivity index (χ0) is 13.3. The van der Waals surface area contributed by atoms with E-state index >= 15 is 0 Å². The molecular weight excluding hydrogens is 238 g/mol. The van der Waals surface area contributed by atoms with Crippen LogP contribution >= 0.6 is 0 Å². The van der Waals surface area contributed by atoms with Crippen molar-refractivity contribution < 1.29 is 18.0 Å². The summed E-state index contributed by atoms with van der Waals surface area (Å²) >= 11 is 0. The molecule has 0 atom stereocenters. The first-order chi connectivity index (χ1) is 8.54. The van der Waals surface area contributed by atoms with Crippen LogP contribution in [-0.2, 0) is 6.42 Å². The first-order valence-corrected chi connectivity index (χ1v) is 5.62. The second-order valence-electron chi connectivity index (χ2n) is 4.00. The molecule has 0 saturated heterocycles. The maximum Gasteiger partial charge on any atom is 0.234 e. The van der Waals surface area contributed by atoms with Crippen LogP contribution in [0, 0.1) is 18.6 Å². The smallest absolute Gasteiger partial charge is 0.234 e. The van der Waals surface area contributed by atoms with Crippen molar-refractivity contribution in [1.82, 2.24) is 0 Å². The van der Waals surface area contributed by atoms with Crippen molar-refractivity contribution in [1.29, 1.82) is 0 Å². The minimum Gasteiger partial charge on any atom is -0.458 e. The molecule has 0 bridgehead atoms. The summed E-state index contributed by atoms with van der Waals surface area (Å²) in [6.45, 7) is 3.34. The van der Waals surface area contributed by atoms with E-state index in [-0.39, 0.29) is 11.3 Å². The molecule has 0 fully saturated rings. The second-order valence-corrected chi connectivity index (χ2v) is 4.00. The molecule has 1 heterocycles. The Bertz CT molecular complexity index is 600. The fraction of sp³-hybridized carbons (Fsp3) is 0.214. The molecule has 94 valence electrons. The summed E-state index contributed by atoms with van der Waals surface area (Å²) in [6, 6.07) is 5.43. The summed E-state index contributed by atoms with van der Waals surface area (Å²) in [7, 11) is 0. The topological polar surface area (TPSA) is 30.2 Å². The second kappa shape index (κ2) is 4.72. The summed E-state index contributed by atoms with van der Waals surface area (Å²) in [5.74, 6) is -1.93. The summed E-state index contributed by atoms with van der Waals surface area (Å²) in [5, 5.41) is 0. The third-order valence-electron chi connectivity index (χ3n) is 2.75. The van der Waals surface area contributed by atoms with E-state index in [9.17, 15) is 13.6 Å². The van der Waals surface area contributed by atoms with E-state index in [1.165, 1.54) is 19.1 Å². The van der Waals surface area contributed by atoms with Gasteiger partial charge in [0.1, 0.15) is 17.4 Å². The van der Waals surface area contributed by atoms with Crippen LogP contribution in [0.2, 0.25) is 0 Å². The molecular formula is C14H12F2O2. The summed E-state index contributed by atoms with van der Waals surface area (Å²) in [4.78, 5) is 12.0. The van der Waals surface area contributed by atoms with E-state index in [0.29, 0.717) is 12.2 Å². The van der Waals surface area contributed by atoms with Crippen molar-refractivity contribution >= 4 is 5.78 Å². The number of carbonyl (C=O) groups is 1. The van der Waals surface area contributed by atoms with E-state index in [1.54, 1.807) is 6.07 Å². The van der Waals surface area contributed by atoms with Gasteiger partial charge in [-0.1, -0.05) is 13.0 Å². The predicted octanol–water partition coefficient (Wildman–Crippen LogP) is 3.66. The van der Waals surface area contributed by atoms with Crippen LogP contribution in [-0.4, -0.2) is 5.78 Å². The number of carbonyl (C=O) groups excluding carboxylic acids is 1. The van der Waals surface area contributed by atoms with Gasteiger partial charge in [0.2, 0.25) is 5.78 Å². The maximum atomic E-state index is 13.8. The van der Waals surface area contributed by atoms with Gasteiger partial charge in [0.25, 0.3) is 0 Å². The summed E-state index contributed by atoms with van der Waals surface area (Å²) in [6.07, 6.45) is 0.617. The van der Waals surface area contributed by atoms with Crippen molar-refractivity contribution in [2.24, 2.45) is 0 Å². The number of rotatable bonds is 3. The van der Waals surface area contributed by atoms with Crippen LogP contribution in [0.1, 0.15) is 34.4 Å². The van der Waals surface area contributed by atoms with E-state index in [0.717, 1.165) is 6.07 Å². The lowest BCUT2D eigenvalue weighted by Crippen LogP contribution is -2.08. The molecule has 0 radical (unpaired) electrons. The highest BCUT2D eigenvalue weighted by atomic mass is 19.1. The lowest BCUT2D eigenvalue weighted by Gasteiger charge is -2.04. The number of aryl methyl sites for hydroxylation is 2. The highest BCUT2D eigenvalue weighted by molar-refractivity contribution is 6.07. The van der Waals surface area contributed by atoms with E-state index in [1.807, 2.05) is 6.92 Å². The minimum absolute atomic E-state index is 0.0461. The standard InChI is InChI=1S/C14H12F2O2/c1-3-9-5-7-11(18-9)14(17)12-10(15)6-4-8(2)13(12)16/h4-7H,3H2,1-2H3. The Morgan fingerprint density at radius 1 is 1.22 bits per heavy atom. The number of hydrogen-bond acceptors (Lipinski definition) is 2. The number of ketones is 1. The number of furan rings is 1. The average Bonchev–Trinajstić information content (AvgIpc) is 2.83. The van der Waals surface area contributed by atoms with Crippen molar-refractivity contribution in [2.45, 2.75) is 20.3 Å². The Morgan fingerprint density at radius 3 is 2.56 bits per heavy atom. The van der Waals surface area contributed by atoms with Gasteiger partial charge in [-0.15, -0.1) is 0 Å². The molecule has 0 N–H and O–H groups in total. The van der Waals surface area contributed by atoms with Gasteiger partial charge < -0.3 is 4.42 Å². The minimum atomic E-state index is -0.877. The van der Waals surface area contributed by atoms with Gasteiger partial charge >= 0.3 is 0 Å². The molecule has 0 aliphatic rings. The molecule has 0 saturated carbocycles. The highest BCUT2D eigenvalue weighted by Crippen LogP contribution is 2.21. The SMILES string of the molecule is CCc1ccc(C(=O)c2c(F)ccc(C)c2F)o1. The normalized spacial score (nSPS) is 10.7. The molecule has 0 aliphatic carbocycles. The van der Waals surface area contributed by atoms with Crippen LogP contribution in [0.15, 0.2) is 28.7 Å². The summed E-state index contributed by atoms with van der Waals surface area (Å²) in [5.41, 5.74) is -0.339. The average molecular weight is 250 g/mol.